The van der Waals surface area contributed by atoms with Gasteiger partial charge in [0.2, 0.25) is 11.0 Å². The number of carbonyl (C=O) groups is 1. The Labute approximate surface area is 139 Å². The lowest BCUT2D eigenvalue weighted by atomic mass is 9.68. The van der Waals surface area contributed by atoms with Crippen LogP contribution in [0.2, 0.25) is 0 Å². The normalized spacial score (nSPS) is 31.1. The molecule has 0 radical (unpaired) electrons. The van der Waals surface area contributed by atoms with Crippen molar-refractivity contribution in [3.05, 3.63) is 17.3 Å². The van der Waals surface area contributed by atoms with E-state index in [0.717, 1.165) is 6.42 Å². The summed E-state index contributed by atoms with van der Waals surface area (Å²) in [5, 5.41) is 17.2. The highest BCUT2D eigenvalue weighted by Gasteiger charge is 2.49. The molecule has 1 fully saturated rings. The van der Waals surface area contributed by atoms with Gasteiger partial charge in [0, 0.05) is 23.4 Å². The Morgan fingerprint density at radius 2 is 1.96 bits per heavy atom. The van der Waals surface area contributed by atoms with Crippen LogP contribution in [0.25, 0.3) is 0 Å². The van der Waals surface area contributed by atoms with E-state index < -0.39 is 12.0 Å². The fourth-order valence-electron chi connectivity index (χ4n) is 3.36. The Hall–Kier alpha value is -1.84. The number of halogens is 3. The molecule has 0 spiro atoms. The molecule has 0 saturated heterocycles. The van der Waals surface area contributed by atoms with Gasteiger partial charge in [-0.15, -0.1) is 10.2 Å². The third-order valence-corrected chi connectivity index (χ3v) is 5.47. The number of hydrogen-bond donors (Lipinski definition) is 1. The summed E-state index contributed by atoms with van der Waals surface area (Å²) < 4.78 is 40.5. The number of aliphatic hydroxyl groups excluding tert-OH is 1. The predicted molar refractivity (Wildman–Crippen MR) is 78.6 cm³/mol. The number of azo groups is 1. The smallest absolute Gasteiger partial charge is 0.452 e. The maximum atomic E-state index is 12.5. The van der Waals surface area contributed by atoms with E-state index in [-0.39, 0.29) is 40.1 Å². The van der Waals surface area contributed by atoms with Crippen molar-refractivity contribution in [3.8, 4) is 0 Å². The van der Waals surface area contributed by atoms with Crippen molar-refractivity contribution in [1.29, 1.82) is 0 Å². The fraction of sp³-hybridized carbons (Fsp3) is 0.643. The molecule has 3 rings (SSSR count). The van der Waals surface area contributed by atoms with Crippen molar-refractivity contribution in [3.63, 3.8) is 0 Å². The van der Waals surface area contributed by atoms with E-state index in [4.69, 9.17) is 0 Å². The van der Waals surface area contributed by atoms with Crippen LogP contribution in [0.15, 0.2) is 21.7 Å². The number of carbonyl (C=O) groups excluding carboxylic acids is 1. The summed E-state index contributed by atoms with van der Waals surface area (Å²) in [6, 6.07) is 0. The number of allylic oxidation sites excluding steroid dienone is 2. The second-order valence-corrected chi connectivity index (χ2v) is 6.97. The second-order valence-electron chi connectivity index (χ2n) is 6.24. The molecule has 0 aromatic carbocycles. The van der Waals surface area contributed by atoms with E-state index in [1.807, 2.05) is 6.92 Å². The first-order valence-electron chi connectivity index (χ1n) is 7.50. The van der Waals surface area contributed by atoms with Crippen LogP contribution in [0.3, 0.4) is 0 Å². The summed E-state index contributed by atoms with van der Waals surface area (Å²) in [4.78, 5) is 15.7. The van der Waals surface area contributed by atoms with Gasteiger partial charge in [-0.1, -0.05) is 13.8 Å². The van der Waals surface area contributed by atoms with E-state index in [1.54, 1.807) is 0 Å². The van der Waals surface area contributed by atoms with Gasteiger partial charge < -0.3 is 5.11 Å². The van der Waals surface area contributed by atoms with Crippen LogP contribution in [-0.4, -0.2) is 20.2 Å². The summed E-state index contributed by atoms with van der Waals surface area (Å²) in [5.74, 6) is -1.88. The Kier molecular flexibility index (Phi) is 4.18. The van der Waals surface area contributed by atoms with E-state index in [9.17, 15) is 23.1 Å². The first-order valence-corrected chi connectivity index (χ1v) is 8.27. The van der Waals surface area contributed by atoms with Gasteiger partial charge in [-0.05, 0) is 24.7 Å². The number of alkyl halides is 3. The van der Waals surface area contributed by atoms with E-state index in [0.29, 0.717) is 23.9 Å². The number of nitrogens with zero attached hydrogens (tertiary/aromatic N) is 4. The minimum Gasteiger partial charge on any atom is -0.510 e. The molecule has 130 valence electrons. The largest absolute Gasteiger partial charge is 0.510 e. The van der Waals surface area contributed by atoms with Crippen LogP contribution < -0.4 is 0 Å². The molecule has 1 heterocycles. The van der Waals surface area contributed by atoms with Crippen molar-refractivity contribution >= 4 is 22.4 Å². The fourth-order valence-corrected chi connectivity index (χ4v) is 3.87. The number of ketones is 1. The van der Waals surface area contributed by atoms with Crippen LogP contribution >= 0.6 is 11.5 Å². The van der Waals surface area contributed by atoms with Crippen LogP contribution in [0.4, 0.5) is 18.3 Å². The van der Waals surface area contributed by atoms with Gasteiger partial charge in [0.25, 0.3) is 0 Å². The first kappa shape index (κ1) is 17.0. The van der Waals surface area contributed by atoms with E-state index >= 15 is 0 Å². The highest BCUT2D eigenvalue weighted by molar-refractivity contribution is 7.09. The molecule has 1 saturated carbocycles. The van der Waals surface area contributed by atoms with Gasteiger partial charge >= 0.3 is 6.18 Å². The van der Waals surface area contributed by atoms with Crippen molar-refractivity contribution in [2.45, 2.75) is 32.9 Å². The molecule has 10 heteroatoms. The lowest BCUT2D eigenvalue weighted by molar-refractivity contribution is -0.144. The third-order valence-electron chi connectivity index (χ3n) is 4.86. The Morgan fingerprint density at radius 3 is 2.58 bits per heavy atom. The zero-order chi connectivity index (χ0) is 17.6. The molecule has 1 aromatic rings. The molecule has 2 aliphatic carbocycles. The third kappa shape index (κ3) is 2.83. The summed E-state index contributed by atoms with van der Waals surface area (Å²) in [6.07, 6.45) is -3.07. The van der Waals surface area contributed by atoms with Gasteiger partial charge in [0.05, 0.1) is 0 Å². The first-order chi connectivity index (χ1) is 11.2. The lowest BCUT2D eigenvalue weighted by Gasteiger charge is -2.35. The van der Waals surface area contributed by atoms with E-state index in [1.165, 1.54) is 0 Å². The standard InChI is InChI=1S/C14H15F3N4O2S/c1-5-3-4-7-8(6(5)2)11(23)9(10(7)22)19-20-13-18-12(21-24-13)14(15,16)17/h5-8,22H,3-4H2,1-2H3. The predicted octanol–water partition coefficient (Wildman–Crippen LogP) is 4.29. The van der Waals surface area contributed by atoms with Crippen LogP contribution in [-0.2, 0) is 11.0 Å². The number of Topliss-reactive ketones (excluding diaryl/α,β-unsaturated/α-hetero) is 1. The molecule has 0 aliphatic heterocycles. The SMILES string of the molecule is CC1CCC2C(O)=C(N=Nc3nc(C(F)(F)F)ns3)C(=O)C2C1C. The molecular formula is C14H15F3N4O2S. The van der Waals surface area contributed by atoms with Crippen molar-refractivity contribution in [2.24, 2.45) is 33.9 Å². The molecule has 1 N–H and O–H groups in total. The summed E-state index contributed by atoms with van der Waals surface area (Å²) in [5.41, 5.74) is -0.172. The maximum absolute atomic E-state index is 12.5. The minimum absolute atomic E-state index is 0.101. The maximum Gasteiger partial charge on any atom is 0.452 e. The zero-order valence-corrected chi connectivity index (χ0v) is 13.7. The average molecular weight is 360 g/mol. The van der Waals surface area contributed by atoms with Gasteiger partial charge in [0.15, 0.2) is 11.5 Å². The Bertz CT molecular complexity index is 728. The summed E-state index contributed by atoms with van der Waals surface area (Å²) in [7, 11) is 0. The van der Waals surface area contributed by atoms with Gasteiger partial charge in [0.1, 0.15) is 5.76 Å². The number of aromatic nitrogens is 2. The molecule has 4 atom stereocenters. The number of aliphatic hydroxyl groups is 1. The average Bonchev–Trinajstić information content (AvgIpc) is 3.06. The minimum atomic E-state index is -4.66. The molecule has 4 unspecified atom stereocenters. The summed E-state index contributed by atoms with van der Waals surface area (Å²) >= 11 is 0.432. The molecule has 2 aliphatic rings. The van der Waals surface area contributed by atoms with Gasteiger partial charge in [-0.3, -0.25) is 4.79 Å². The molecule has 24 heavy (non-hydrogen) atoms. The molecular weight excluding hydrogens is 345 g/mol. The van der Waals surface area contributed by atoms with E-state index in [2.05, 4.69) is 26.5 Å². The number of rotatable bonds is 2. The monoisotopic (exact) mass is 360 g/mol. The number of fused-ring (bicyclic) bond motifs is 1. The second kappa shape index (κ2) is 5.91. The topological polar surface area (TPSA) is 87.8 Å². The lowest BCUT2D eigenvalue weighted by Crippen LogP contribution is -2.33. The number of hydrogen-bond acceptors (Lipinski definition) is 7. The van der Waals surface area contributed by atoms with Crippen molar-refractivity contribution in [2.75, 3.05) is 0 Å². The van der Waals surface area contributed by atoms with Crippen LogP contribution in [0.5, 0.6) is 0 Å². The van der Waals surface area contributed by atoms with Crippen LogP contribution in [0, 0.1) is 23.7 Å². The summed E-state index contributed by atoms with van der Waals surface area (Å²) in [6.45, 7) is 4.03. The molecule has 1 aromatic heterocycles. The quantitative estimate of drug-likeness (QED) is 0.797. The Balaban J connectivity index is 1.83. The van der Waals surface area contributed by atoms with Crippen molar-refractivity contribution in [1.82, 2.24) is 9.36 Å². The van der Waals surface area contributed by atoms with Crippen LogP contribution in [0.1, 0.15) is 32.5 Å². The Morgan fingerprint density at radius 1 is 1.25 bits per heavy atom. The van der Waals surface area contributed by atoms with Crippen molar-refractivity contribution < 1.29 is 23.1 Å². The van der Waals surface area contributed by atoms with Gasteiger partial charge in [-0.25, -0.2) is 0 Å². The molecule has 0 amide bonds. The zero-order valence-electron chi connectivity index (χ0n) is 12.9. The highest BCUT2D eigenvalue weighted by atomic mass is 32.1. The highest BCUT2D eigenvalue weighted by Crippen LogP contribution is 2.48. The van der Waals surface area contributed by atoms with Gasteiger partial charge in [-0.2, -0.15) is 22.5 Å². The molecule has 0 bridgehead atoms. The molecule has 6 nitrogen and oxygen atoms in total.